The lowest BCUT2D eigenvalue weighted by Crippen LogP contribution is -2.43. The van der Waals surface area contributed by atoms with Crippen molar-refractivity contribution in [2.45, 2.75) is 18.8 Å². The highest BCUT2D eigenvalue weighted by Crippen LogP contribution is 2.62. The first-order valence-corrected chi connectivity index (χ1v) is 9.30. The van der Waals surface area contributed by atoms with Crippen molar-refractivity contribution >= 4 is 22.2 Å². The number of rotatable bonds is 4. The van der Waals surface area contributed by atoms with Crippen LogP contribution in [0.4, 0.5) is 15.8 Å². The van der Waals surface area contributed by atoms with Crippen LogP contribution >= 0.6 is 10.8 Å². The van der Waals surface area contributed by atoms with Crippen LogP contribution in [0.25, 0.3) is 0 Å². The normalized spacial score (nSPS) is 21.5. The van der Waals surface area contributed by atoms with Crippen LogP contribution in [0.3, 0.4) is 0 Å². The number of para-hydroxylation sites is 1. The number of benzene rings is 2. The minimum atomic E-state index is -3.33. The molecule has 130 valence electrons. The Kier molecular flexibility index (Phi) is 4.69. The summed E-state index contributed by atoms with van der Waals surface area (Å²) < 4.78 is 42.8. The van der Waals surface area contributed by atoms with E-state index in [2.05, 4.69) is 0 Å². The van der Waals surface area contributed by atoms with Gasteiger partial charge in [0.15, 0.2) is 5.75 Å². The van der Waals surface area contributed by atoms with Gasteiger partial charge in [0.25, 0.3) is 0 Å². The Labute approximate surface area is 142 Å². The van der Waals surface area contributed by atoms with E-state index in [0.717, 1.165) is 0 Å². The third-order valence-electron chi connectivity index (χ3n) is 4.04. The SMILES string of the molecule is CC(CCN)C1Oc2cc(F)ccc2N(c2ccccc2)S1(O)O. The van der Waals surface area contributed by atoms with Gasteiger partial charge in [-0.1, -0.05) is 35.9 Å². The number of hydrogen-bond donors (Lipinski definition) is 3. The maximum absolute atomic E-state index is 13.7. The van der Waals surface area contributed by atoms with Gasteiger partial charge in [0, 0.05) is 12.0 Å². The van der Waals surface area contributed by atoms with Crippen molar-refractivity contribution in [2.75, 3.05) is 10.8 Å². The Hall–Kier alpha value is -1.80. The fourth-order valence-electron chi connectivity index (χ4n) is 2.87. The van der Waals surface area contributed by atoms with Gasteiger partial charge < -0.3 is 10.5 Å². The third kappa shape index (κ3) is 2.95. The number of fused-ring (bicyclic) bond motifs is 1. The minimum Gasteiger partial charge on any atom is -0.466 e. The predicted molar refractivity (Wildman–Crippen MR) is 95.1 cm³/mol. The molecule has 2 aromatic rings. The zero-order chi connectivity index (χ0) is 17.3. The fourth-order valence-corrected chi connectivity index (χ4v) is 4.95. The molecule has 0 saturated heterocycles. The number of nitrogens with two attached hydrogens (primary N) is 1. The van der Waals surface area contributed by atoms with Crippen LogP contribution < -0.4 is 14.8 Å². The van der Waals surface area contributed by atoms with E-state index in [0.29, 0.717) is 30.1 Å². The third-order valence-corrected chi connectivity index (χ3v) is 6.17. The van der Waals surface area contributed by atoms with Gasteiger partial charge in [-0.25, -0.2) is 8.70 Å². The lowest BCUT2D eigenvalue weighted by molar-refractivity contribution is 0.188. The lowest BCUT2D eigenvalue weighted by Gasteiger charge is -2.53. The van der Waals surface area contributed by atoms with Crippen LogP contribution in [0.5, 0.6) is 5.75 Å². The maximum atomic E-state index is 13.7. The molecule has 0 amide bonds. The molecule has 2 atom stereocenters. The second-order valence-electron chi connectivity index (χ2n) is 5.84. The highest BCUT2D eigenvalue weighted by atomic mass is 32.3. The molecule has 0 spiro atoms. The summed E-state index contributed by atoms with van der Waals surface area (Å²) in [4.78, 5) is 0. The highest BCUT2D eigenvalue weighted by molar-refractivity contribution is 8.26. The molecule has 1 heterocycles. The predicted octanol–water partition coefficient (Wildman–Crippen LogP) is 4.33. The number of nitrogens with zero attached hydrogens (tertiary/aromatic N) is 1. The topological polar surface area (TPSA) is 79.0 Å². The molecule has 0 fully saturated rings. The molecule has 4 N–H and O–H groups in total. The molecule has 24 heavy (non-hydrogen) atoms. The van der Waals surface area contributed by atoms with Crippen molar-refractivity contribution in [1.82, 2.24) is 0 Å². The molecule has 0 aliphatic carbocycles. The van der Waals surface area contributed by atoms with Crippen molar-refractivity contribution in [3.63, 3.8) is 0 Å². The Bertz CT molecular complexity index is 714. The number of hydrogen-bond acceptors (Lipinski definition) is 5. The monoisotopic (exact) mass is 352 g/mol. The summed E-state index contributed by atoms with van der Waals surface area (Å²) in [6.07, 6.45) is 0.563. The summed E-state index contributed by atoms with van der Waals surface area (Å²) in [6, 6.07) is 13.0. The summed E-state index contributed by atoms with van der Waals surface area (Å²) in [5.41, 5.74) is 5.75. The summed E-state index contributed by atoms with van der Waals surface area (Å²) in [5, 5.41) is 0. The average molecular weight is 352 g/mol. The Morgan fingerprint density at radius 3 is 2.62 bits per heavy atom. The number of ether oxygens (including phenoxy) is 1. The van der Waals surface area contributed by atoms with E-state index in [1.807, 2.05) is 25.1 Å². The molecule has 5 nitrogen and oxygen atoms in total. The smallest absolute Gasteiger partial charge is 0.209 e. The molecular formula is C17H21FN2O3S. The quantitative estimate of drug-likeness (QED) is 0.763. The molecule has 1 aliphatic rings. The van der Waals surface area contributed by atoms with Crippen LogP contribution in [0.1, 0.15) is 13.3 Å². The summed E-state index contributed by atoms with van der Waals surface area (Å²) >= 11 is 0. The lowest BCUT2D eigenvalue weighted by atomic mass is 10.1. The second kappa shape index (κ2) is 6.60. The van der Waals surface area contributed by atoms with Crippen LogP contribution in [0.2, 0.25) is 0 Å². The van der Waals surface area contributed by atoms with Crippen LogP contribution in [0, 0.1) is 11.7 Å². The zero-order valence-corrected chi connectivity index (χ0v) is 14.1. The standard InChI is InChI=1S/C17H21FN2O3S/c1-12(9-10-19)17-23-16-11-13(18)7-8-15(16)20(24(17,21)22)14-5-3-2-4-6-14/h2-8,11-12,17,21-22H,9-10,19H2,1H3. The molecule has 0 bridgehead atoms. The number of anilines is 2. The first kappa shape index (κ1) is 17.0. The minimum absolute atomic E-state index is 0.206. The molecule has 3 rings (SSSR count). The molecule has 0 saturated carbocycles. The average Bonchev–Trinajstić information content (AvgIpc) is 2.55. The Morgan fingerprint density at radius 2 is 1.96 bits per heavy atom. The van der Waals surface area contributed by atoms with Crippen molar-refractivity contribution in [2.24, 2.45) is 11.7 Å². The fraction of sp³-hybridized carbons (Fsp3) is 0.294. The molecule has 0 aromatic heterocycles. The molecule has 1 aliphatic heterocycles. The van der Waals surface area contributed by atoms with E-state index >= 15 is 0 Å². The Morgan fingerprint density at radius 1 is 1.25 bits per heavy atom. The van der Waals surface area contributed by atoms with Gasteiger partial charge in [-0.15, -0.1) is 0 Å². The van der Waals surface area contributed by atoms with Gasteiger partial charge in [0.2, 0.25) is 5.44 Å². The second-order valence-corrected chi connectivity index (χ2v) is 7.80. The van der Waals surface area contributed by atoms with Crippen molar-refractivity contribution < 1.29 is 18.2 Å². The van der Waals surface area contributed by atoms with Crippen molar-refractivity contribution in [1.29, 1.82) is 0 Å². The van der Waals surface area contributed by atoms with Gasteiger partial charge >= 0.3 is 0 Å². The van der Waals surface area contributed by atoms with E-state index in [4.69, 9.17) is 10.5 Å². The highest BCUT2D eigenvalue weighted by Gasteiger charge is 2.44. The van der Waals surface area contributed by atoms with Gasteiger partial charge in [-0.05, 0) is 37.2 Å². The molecule has 7 heteroatoms. The van der Waals surface area contributed by atoms with E-state index in [1.54, 1.807) is 12.1 Å². The van der Waals surface area contributed by atoms with Gasteiger partial charge in [0.05, 0.1) is 5.69 Å². The molecule has 2 unspecified atom stereocenters. The molecule has 0 radical (unpaired) electrons. The Balaban J connectivity index is 2.14. The van der Waals surface area contributed by atoms with E-state index in [1.165, 1.54) is 22.5 Å². The van der Waals surface area contributed by atoms with Gasteiger partial charge in [0.1, 0.15) is 11.5 Å². The van der Waals surface area contributed by atoms with E-state index in [9.17, 15) is 13.5 Å². The molecular weight excluding hydrogens is 331 g/mol. The zero-order valence-electron chi connectivity index (χ0n) is 13.3. The first-order chi connectivity index (χ1) is 11.4. The largest absolute Gasteiger partial charge is 0.466 e. The van der Waals surface area contributed by atoms with Crippen molar-refractivity contribution in [3.05, 3.63) is 54.3 Å². The van der Waals surface area contributed by atoms with E-state index in [-0.39, 0.29) is 5.92 Å². The summed E-state index contributed by atoms with van der Waals surface area (Å²) in [5.74, 6) is -0.355. The van der Waals surface area contributed by atoms with Gasteiger partial charge in [-0.2, -0.15) is 0 Å². The van der Waals surface area contributed by atoms with Crippen LogP contribution in [-0.2, 0) is 0 Å². The van der Waals surface area contributed by atoms with Crippen LogP contribution in [-0.4, -0.2) is 21.1 Å². The van der Waals surface area contributed by atoms with Crippen LogP contribution in [0.15, 0.2) is 48.5 Å². The van der Waals surface area contributed by atoms with Crippen molar-refractivity contribution in [3.8, 4) is 5.75 Å². The van der Waals surface area contributed by atoms with Gasteiger partial charge in [-0.3, -0.25) is 9.11 Å². The summed E-state index contributed by atoms with van der Waals surface area (Å²) in [7, 11) is -3.33. The maximum Gasteiger partial charge on any atom is 0.209 e. The number of halogens is 1. The summed E-state index contributed by atoms with van der Waals surface area (Å²) in [6.45, 7) is 2.25. The van der Waals surface area contributed by atoms with E-state index < -0.39 is 22.0 Å². The first-order valence-electron chi connectivity index (χ1n) is 7.74. The molecule has 2 aromatic carbocycles.